The largest absolute Gasteiger partial charge is 0.505 e. The van der Waals surface area contributed by atoms with Crippen LogP contribution in [0, 0.1) is 17.5 Å². The van der Waals surface area contributed by atoms with Crippen LogP contribution in [-0.2, 0) is 52.1 Å². The number of carbonyl (C=O) groups excluding carboxylic acids is 5. The maximum absolute atomic E-state index is 14.2. The maximum Gasteiger partial charge on any atom is 0.336 e. The zero-order valence-corrected chi connectivity index (χ0v) is 60.6. The number of hydrogen-bond acceptors (Lipinski definition) is 14. The lowest BCUT2D eigenvalue weighted by molar-refractivity contribution is 0.0117. The minimum absolute atomic E-state index is 0.0157. The van der Waals surface area contributed by atoms with Crippen molar-refractivity contribution in [3.05, 3.63) is 270 Å². The number of methoxy groups -OCH3 is 2. The first-order chi connectivity index (χ1) is 53.1. The minimum Gasteiger partial charge on any atom is -0.505 e. The van der Waals surface area contributed by atoms with Gasteiger partial charge in [0.2, 0.25) is 0 Å². The van der Waals surface area contributed by atoms with E-state index in [1.807, 2.05) is 36.4 Å². The van der Waals surface area contributed by atoms with Crippen molar-refractivity contribution >= 4 is 68.2 Å². The molecule has 5 aliphatic heterocycles. The summed E-state index contributed by atoms with van der Waals surface area (Å²) >= 11 is 0. The summed E-state index contributed by atoms with van der Waals surface area (Å²) in [5.41, 5.74) is 8.95. The van der Waals surface area contributed by atoms with Gasteiger partial charge in [-0.2, -0.15) is 0 Å². The Balaban J connectivity index is 0.000000140. The topological polar surface area (TPSA) is 235 Å². The Hall–Kier alpha value is -12.7. The first-order valence-corrected chi connectivity index (χ1v) is 35.3. The van der Waals surface area contributed by atoms with Gasteiger partial charge in [-0.05, 0) is 143 Å². The van der Waals surface area contributed by atoms with Crippen LogP contribution in [0.25, 0.3) is 32.7 Å². The van der Waals surface area contributed by atoms with E-state index in [-0.39, 0.29) is 131 Å². The number of benzene rings is 8. The number of halogens is 7. The van der Waals surface area contributed by atoms with Crippen LogP contribution in [0.3, 0.4) is 0 Å². The third-order valence-electron chi connectivity index (χ3n) is 20.3. The fourth-order valence-corrected chi connectivity index (χ4v) is 14.6. The zero-order chi connectivity index (χ0) is 78.5. The lowest BCUT2D eigenvalue weighted by Crippen LogP contribution is -2.32. The number of phenolic OH excluding ortho intramolecular Hbond substituents is 1. The van der Waals surface area contributed by atoms with Gasteiger partial charge in [0.05, 0.1) is 60.7 Å². The Morgan fingerprint density at radius 1 is 0.441 bits per heavy atom. The summed E-state index contributed by atoms with van der Waals surface area (Å²) in [4.78, 5) is 98.9. The van der Waals surface area contributed by atoms with Crippen molar-refractivity contribution in [1.29, 1.82) is 0 Å². The second-order valence-electron chi connectivity index (χ2n) is 28.0. The molecule has 568 valence electrons. The summed E-state index contributed by atoms with van der Waals surface area (Å²) in [6.45, 7) is -0.949. The molecule has 8 heterocycles. The molecule has 2 saturated heterocycles. The average Bonchev–Trinajstić information content (AvgIpc) is 1.64. The predicted molar refractivity (Wildman–Crippen MR) is 394 cm³/mol. The minimum atomic E-state index is -2.98. The van der Waals surface area contributed by atoms with E-state index in [1.165, 1.54) is 64.3 Å². The van der Waals surface area contributed by atoms with E-state index >= 15 is 0 Å². The second-order valence-corrected chi connectivity index (χ2v) is 28.0. The second kappa shape index (κ2) is 30.4. The molecular formula is C84H71F7N8O12. The molecule has 11 aromatic rings. The Morgan fingerprint density at radius 3 is 1.10 bits per heavy atom. The van der Waals surface area contributed by atoms with E-state index in [0.29, 0.717) is 80.2 Å². The number of alkyl halides is 4. The summed E-state index contributed by atoms with van der Waals surface area (Å²) in [5.74, 6) is -8.84. The molecule has 5 aliphatic rings. The van der Waals surface area contributed by atoms with Gasteiger partial charge >= 0.3 is 5.97 Å². The van der Waals surface area contributed by atoms with Crippen LogP contribution >= 0.6 is 0 Å². The number of aromatic hydroxyl groups is 1. The number of pyridine rings is 3. The smallest absolute Gasteiger partial charge is 0.336 e. The maximum atomic E-state index is 14.2. The van der Waals surface area contributed by atoms with E-state index in [9.17, 15) is 69.7 Å². The summed E-state index contributed by atoms with van der Waals surface area (Å²) in [6, 6.07) is 38.0. The standard InChI is InChI=1S/C32H28F3N3O4.C28H23FN2O5.C24H20F3N3O3/c1-37-16-25-26(31(40)38-12-11-32(34,35)18-38)24-14-21(13-19-3-7-22(33)8-4-19)15-36-28(24)29(27(25)30(37)39)42-17-20-5-9-23(41-2)10-6-20;1-31-14-22-23(28(33)34)21-12-18(11-16-3-7-19(29)8-4-16)13-30-25(21)26(24(22)27(31)32)36-15-17-5-9-20(35-2)10-6-17;1-29-11-17-18(23(33)30-7-6-24(26,27)12-30)16-9-14(8-13-2-4-15(25)5-3-13)10-28-20(16)21(31)19(17)22(29)32/h3-10,14-15H,11-13,16-18H2,1-2H3;3-10,12-13H,11,14-15H2,1-2H3,(H,33,34);2-5,9-10,31H,6-8,11-12H2,1H3. The van der Waals surface area contributed by atoms with Crippen LogP contribution < -0.4 is 18.9 Å². The van der Waals surface area contributed by atoms with Crippen molar-refractivity contribution in [2.24, 2.45) is 0 Å². The SMILES string of the molecule is CN1Cc2c(c(O)c3ncc(Cc4ccc(F)cc4)cc3c2C(=O)N2CCC(F)(F)C2)C1=O.COc1ccc(COc2c3c(c(C(=O)N4CCC(F)(F)C4)c4cc(Cc5ccc(F)cc5)cnc24)CN(C)C3=O)cc1.COc1ccc(COc2c3c(c(C(=O)O)c4cc(Cc5ccc(F)cc5)cnc24)CN(C)C3=O)cc1. The molecule has 3 aromatic heterocycles. The summed E-state index contributed by atoms with van der Waals surface area (Å²) < 4.78 is 119. The lowest BCUT2D eigenvalue weighted by Gasteiger charge is -2.21. The van der Waals surface area contributed by atoms with E-state index < -0.39 is 61.5 Å². The first kappa shape index (κ1) is 75.1. The highest BCUT2D eigenvalue weighted by Gasteiger charge is 2.46. The van der Waals surface area contributed by atoms with Gasteiger partial charge in [0.25, 0.3) is 41.4 Å². The van der Waals surface area contributed by atoms with E-state index in [2.05, 4.69) is 15.0 Å². The van der Waals surface area contributed by atoms with Crippen LogP contribution in [0.4, 0.5) is 30.7 Å². The highest BCUT2D eigenvalue weighted by molar-refractivity contribution is 6.18. The van der Waals surface area contributed by atoms with E-state index in [4.69, 9.17) is 18.9 Å². The van der Waals surface area contributed by atoms with Gasteiger partial charge in [0.15, 0.2) is 17.2 Å². The monoisotopic (exact) mass is 1520 g/mol. The molecule has 0 atom stereocenters. The number of aromatic nitrogens is 3. The number of rotatable bonds is 17. The number of fused-ring (bicyclic) bond motifs is 6. The molecule has 0 bridgehead atoms. The molecule has 0 saturated carbocycles. The number of carboxylic acids is 1. The molecule has 16 rings (SSSR count). The van der Waals surface area contributed by atoms with Crippen molar-refractivity contribution < 1.29 is 88.7 Å². The normalized spacial score (nSPS) is 15.2. The number of carbonyl (C=O) groups is 6. The van der Waals surface area contributed by atoms with Gasteiger partial charge in [-0.25, -0.2) is 35.5 Å². The van der Waals surface area contributed by atoms with Gasteiger partial charge in [0.1, 0.15) is 58.7 Å². The lowest BCUT2D eigenvalue weighted by atomic mass is 9.94. The molecule has 0 radical (unpaired) electrons. The van der Waals surface area contributed by atoms with Gasteiger partial charge in [-0.1, -0.05) is 60.7 Å². The number of amides is 5. The van der Waals surface area contributed by atoms with Crippen molar-refractivity contribution in [2.75, 3.05) is 61.5 Å². The molecule has 0 spiro atoms. The Morgan fingerprint density at radius 2 is 0.757 bits per heavy atom. The molecule has 111 heavy (non-hydrogen) atoms. The Labute approximate surface area is 630 Å². The van der Waals surface area contributed by atoms with Gasteiger partial charge in [-0.15, -0.1) is 0 Å². The number of carboxylic acid groups (broad SMARTS) is 1. The Bertz CT molecular complexity index is 5560. The summed E-state index contributed by atoms with van der Waals surface area (Å²) in [5, 5.41) is 22.1. The molecule has 8 aromatic carbocycles. The van der Waals surface area contributed by atoms with Crippen LogP contribution in [0.2, 0.25) is 0 Å². The van der Waals surface area contributed by atoms with Crippen molar-refractivity contribution in [3.8, 4) is 28.7 Å². The molecule has 2 N–H and O–H groups in total. The van der Waals surface area contributed by atoms with Crippen LogP contribution in [0.15, 0.2) is 158 Å². The molecule has 5 amide bonds. The van der Waals surface area contributed by atoms with Gasteiger partial charge in [0, 0.05) is 118 Å². The third kappa shape index (κ3) is 15.3. The van der Waals surface area contributed by atoms with E-state index in [0.717, 1.165) is 48.7 Å². The van der Waals surface area contributed by atoms with Crippen molar-refractivity contribution in [2.45, 2.75) is 76.8 Å². The highest BCUT2D eigenvalue weighted by atomic mass is 19.3. The van der Waals surface area contributed by atoms with Crippen molar-refractivity contribution in [1.82, 2.24) is 39.5 Å². The van der Waals surface area contributed by atoms with Gasteiger partial charge < -0.3 is 53.7 Å². The fraction of sp³-hybridized carbons (Fsp3) is 0.250. The van der Waals surface area contributed by atoms with Crippen LogP contribution in [0.1, 0.15) is 136 Å². The summed E-state index contributed by atoms with van der Waals surface area (Å²) in [6.07, 6.45) is 5.15. The molecule has 0 unspecified atom stereocenters. The molecule has 20 nitrogen and oxygen atoms in total. The number of aromatic carboxylic acids is 1. The number of hydrogen-bond donors (Lipinski definition) is 2. The fourth-order valence-electron chi connectivity index (χ4n) is 14.6. The van der Waals surface area contributed by atoms with Crippen molar-refractivity contribution in [3.63, 3.8) is 0 Å². The van der Waals surface area contributed by atoms with Crippen LogP contribution in [0.5, 0.6) is 28.7 Å². The number of phenols is 1. The molecular weight excluding hydrogens is 1450 g/mol. The molecule has 2 fully saturated rings. The molecule has 27 heteroatoms. The first-order valence-electron chi connectivity index (χ1n) is 35.3. The Kier molecular flexibility index (Phi) is 20.6. The number of ether oxygens (including phenoxy) is 4. The predicted octanol–water partition coefficient (Wildman–Crippen LogP) is 14.2. The summed E-state index contributed by atoms with van der Waals surface area (Å²) in [7, 11) is 7.94. The molecule has 0 aliphatic carbocycles. The van der Waals surface area contributed by atoms with Crippen LogP contribution in [-0.4, -0.2) is 159 Å². The number of likely N-dealkylation sites (tertiary alicyclic amines) is 2. The highest BCUT2D eigenvalue weighted by Crippen LogP contribution is 2.46. The zero-order valence-electron chi connectivity index (χ0n) is 60.6. The quantitative estimate of drug-likeness (QED) is 0.0807. The van der Waals surface area contributed by atoms with Gasteiger partial charge in [-0.3, -0.25) is 38.9 Å². The van der Waals surface area contributed by atoms with E-state index in [1.54, 1.807) is 107 Å². The average molecular weight is 1520 g/mol. The number of nitrogens with zero attached hydrogens (tertiary/aromatic N) is 8. The third-order valence-corrected chi connectivity index (χ3v) is 20.3.